The maximum atomic E-state index is 12.7. The van der Waals surface area contributed by atoms with Crippen LogP contribution in [0.15, 0.2) is 66.0 Å². The number of terminal acetylenes is 1. The molecule has 1 N–H and O–H groups in total. The van der Waals surface area contributed by atoms with E-state index in [-0.39, 0.29) is 11.4 Å². The van der Waals surface area contributed by atoms with Crippen molar-refractivity contribution in [3.8, 4) is 18.0 Å². The van der Waals surface area contributed by atoms with E-state index < -0.39 is 9.84 Å². The van der Waals surface area contributed by atoms with Gasteiger partial charge in [0.05, 0.1) is 17.0 Å². The number of aromatic nitrogens is 4. The van der Waals surface area contributed by atoms with E-state index in [0.29, 0.717) is 30.0 Å². The van der Waals surface area contributed by atoms with Crippen LogP contribution in [-0.2, 0) is 16.4 Å². The number of benzene rings is 2. The lowest BCUT2D eigenvalue weighted by atomic mass is 10.2. The predicted molar refractivity (Wildman–Crippen MR) is 125 cm³/mol. The van der Waals surface area contributed by atoms with Crippen LogP contribution in [0.25, 0.3) is 16.6 Å². The first-order valence-electron chi connectivity index (χ1n) is 9.88. The number of nitrogens with one attached hydrogen (secondary N) is 1. The Hall–Kier alpha value is -3.90. The van der Waals surface area contributed by atoms with Crippen LogP contribution in [-0.4, -0.2) is 39.5 Å². The monoisotopic (exact) mass is 447 g/mol. The summed E-state index contributed by atoms with van der Waals surface area (Å²) in [6.07, 6.45) is 11.8. The Bertz CT molecular complexity index is 1500. The molecule has 4 aromatic rings. The van der Waals surface area contributed by atoms with Crippen molar-refractivity contribution >= 4 is 32.2 Å². The third-order valence-corrected chi connectivity index (χ3v) is 5.98. The number of imidazole rings is 1. The number of hydrogen-bond donors (Lipinski definition) is 1. The zero-order valence-electron chi connectivity index (χ0n) is 17.4. The van der Waals surface area contributed by atoms with Gasteiger partial charge in [0.2, 0.25) is 0 Å². The fraction of sp³-hybridized carbons (Fsp3) is 0.174. The van der Waals surface area contributed by atoms with Gasteiger partial charge in [0.25, 0.3) is 0 Å². The minimum atomic E-state index is -3.06. The molecule has 8 nitrogen and oxygen atoms in total. The van der Waals surface area contributed by atoms with E-state index in [2.05, 4.69) is 21.2 Å². The maximum absolute atomic E-state index is 12.7. The van der Waals surface area contributed by atoms with E-state index in [1.165, 1.54) is 21.7 Å². The third-order valence-electron chi connectivity index (χ3n) is 4.95. The summed E-state index contributed by atoms with van der Waals surface area (Å²) in [4.78, 5) is 21.4. The quantitative estimate of drug-likeness (QED) is 0.438. The van der Waals surface area contributed by atoms with E-state index in [9.17, 15) is 13.2 Å². The van der Waals surface area contributed by atoms with E-state index in [0.717, 1.165) is 16.6 Å². The van der Waals surface area contributed by atoms with E-state index in [1.54, 1.807) is 12.4 Å². The summed E-state index contributed by atoms with van der Waals surface area (Å²) in [6, 6.07) is 12.9. The molecule has 2 aromatic carbocycles. The number of hydrogen-bond acceptors (Lipinski definition) is 6. The first-order chi connectivity index (χ1) is 15.3. The molecule has 4 rings (SSSR count). The summed E-state index contributed by atoms with van der Waals surface area (Å²) in [5.74, 6) is 3.27. The van der Waals surface area contributed by atoms with Crippen LogP contribution in [0.2, 0.25) is 0 Å². The molecule has 0 atom stereocenters. The zero-order valence-corrected chi connectivity index (χ0v) is 18.2. The first-order valence-corrected chi connectivity index (χ1v) is 11.9. The van der Waals surface area contributed by atoms with Gasteiger partial charge in [-0.25, -0.2) is 23.2 Å². The van der Waals surface area contributed by atoms with Gasteiger partial charge in [0.15, 0.2) is 0 Å². The summed E-state index contributed by atoms with van der Waals surface area (Å²) in [7, 11) is -3.06. The van der Waals surface area contributed by atoms with E-state index in [1.807, 2.05) is 42.5 Å². The second-order valence-corrected chi connectivity index (χ2v) is 9.66. The van der Waals surface area contributed by atoms with Crippen molar-refractivity contribution in [1.29, 1.82) is 0 Å². The molecule has 0 aliphatic carbocycles. The van der Waals surface area contributed by atoms with Gasteiger partial charge in [-0.05, 0) is 42.8 Å². The molecule has 0 radical (unpaired) electrons. The molecule has 0 spiro atoms. The molecule has 2 heterocycles. The van der Waals surface area contributed by atoms with Crippen LogP contribution < -0.4 is 11.0 Å². The molecule has 0 amide bonds. The van der Waals surface area contributed by atoms with Crippen molar-refractivity contribution in [2.75, 3.05) is 17.3 Å². The molecule has 2 aromatic heterocycles. The van der Waals surface area contributed by atoms with Gasteiger partial charge in [0.1, 0.15) is 22.0 Å². The van der Waals surface area contributed by atoms with Gasteiger partial charge in [0, 0.05) is 41.8 Å². The molecular formula is C23H21N5O3S. The van der Waals surface area contributed by atoms with Gasteiger partial charge < -0.3 is 5.32 Å². The Morgan fingerprint density at radius 2 is 1.97 bits per heavy atom. The zero-order chi connectivity index (χ0) is 22.7. The highest BCUT2D eigenvalue weighted by molar-refractivity contribution is 7.90. The average molecular weight is 448 g/mol. The van der Waals surface area contributed by atoms with Crippen LogP contribution in [0.5, 0.6) is 0 Å². The Balaban J connectivity index is 1.61. The number of rotatable bonds is 7. The van der Waals surface area contributed by atoms with Crippen LogP contribution in [0.1, 0.15) is 12.0 Å². The lowest BCUT2D eigenvalue weighted by Crippen LogP contribution is -2.23. The minimum Gasteiger partial charge on any atom is -0.340 e. The molecule has 0 unspecified atom stereocenters. The SMILES string of the molecule is C#Cc1cccc(Nc2ncnc3cc(-n4ccn(CCCS(C)(=O)=O)c4=O)ccc23)c1. The summed E-state index contributed by atoms with van der Waals surface area (Å²) >= 11 is 0. The summed E-state index contributed by atoms with van der Waals surface area (Å²) < 4.78 is 25.6. The van der Waals surface area contributed by atoms with Crippen LogP contribution in [0.4, 0.5) is 11.5 Å². The van der Waals surface area contributed by atoms with Crippen molar-refractivity contribution < 1.29 is 8.42 Å². The Morgan fingerprint density at radius 3 is 2.75 bits per heavy atom. The number of nitrogens with zero attached hydrogens (tertiary/aromatic N) is 4. The Labute approximate surface area is 185 Å². The third kappa shape index (κ3) is 4.71. The summed E-state index contributed by atoms with van der Waals surface area (Å²) in [5.41, 5.74) is 2.66. The highest BCUT2D eigenvalue weighted by atomic mass is 32.2. The molecule has 32 heavy (non-hydrogen) atoms. The fourth-order valence-corrected chi connectivity index (χ4v) is 4.05. The Morgan fingerprint density at radius 1 is 1.12 bits per heavy atom. The van der Waals surface area contributed by atoms with Crippen molar-refractivity contribution in [1.82, 2.24) is 19.1 Å². The van der Waals surface area contributed by atoms with E-state index >= 15 is 0 Å². The highest BCUT2D eigenvalue weighted by Gasteiger charge is 2.10. The van der Waals surface area contributed by atoms with Gasteiger partial charge in [-0.15, -0.1) is 6.42 Å². The molecule has 0 bridgehead atoms. The molecule has 0 aliphatic heterocycles. The van der Waals surface area contributed by atoms with Crippen molar-refractivity contribution in [2.45, 2.75) is 13.0 Å². The summed E-state index contributed by atoms with van der Waals surface area (Å²) in [6.45, 7) is 0.333. The number of sulfone groups is 1. The topological polar surface area (TPSA) is 98.9 Å². The standard InChI is InChI=1S/C23H21N5O3S/c1-3-17-6-4-7-18(14-17)26-22-20-9-8-19(15-21(20)24-16-25-22)28-12-11-27(23(28)29)10-5-13-32(2,30)31/h1,4,6-9,11-12,14-16H,5,10,13H2,2H3,(H,24,25,26). The molecular weight excluding hydrogens is 426 g/mol. The Kier molecular flexibility index (Phi) is 5.79. The lowest BCUT2D eigenvalue weighted by Gasteiger charge is -2.10. The van der Waals surface area contributed by atoms with Crippen LogP contribution in [0.3, 0.4) is 0 Å². The van der Waals surface area contributed by atoms with Crippen LogP contribution in [0, 0.1) is 12.3 Å². The molecule has 0 fully saturated rings. The minimum absolute atomic E-state index is 0.0392. The molecule has 162 valence electrons. The summed E-state index contributed by atoms with van der Waals surface area (Å²) in [5, 5.41) is 4.06. The number of fused-ring (bicyclic) bond motifs is 1. The van der Waals surface area contributed by atoms with E-state index in [4.69, 9.17) is 6.42 Å². The lowest BCUT2D eigenvalue weighted by molar-refractivity contribution is 0.588. The molecule has 0 saturated carbocycles. The van der Waals surface area contributed by atoms with Crippen molar-refractivity contribution in [3.05, 3.63) is 77.2 Å². The second kappa shape index (κ2) is 8.69. The van der Waals surface area contributed by atoms with Crippen LogP contribution >= 0.6 is 0 Å². The largest absolute Gasteiger partial charge is 0.340 e. The average Bonchev–Trinajstić information content (AvgIpc) is 3.13. The smallest absolute Gasteiger partial charge is 0.332 e. The normalized spacial score (nSPS) is 11.4. The van der Waals surface area contributed by atoms with Crippen molar-refractivity contribution in [2.24, 2.45) is 0 Å². The highest BCUT2D eigenvalue weighted by Crippen LogP contribution is 2.25. The maximum Gasteiger partial charge on any atom is 0.332 e. The predicted octanol–water partition coefficient (Wildman–Crippen LogP) is 2.74. The van der Waals surface area contributed by atoms with Gasteiger partial charge in [-0.2, -0.15) is 0 Å². The van der Waals surface area contributed by atoms with Crippen molar-refractivity contribution in [3.63, 3.8) is 0 Å². The molecule has 0 saturated heterocycles. The molecule has 0 aliphatic rings. The van der Waals surface area contributed by atoms with Gasteiger partial charge in [-0.1, -0.05) is 12.0 Å². The van der Waals surface area contributed by atoms with Gasteiger partial charge >= 0.3 is 5.69 Å². The second-order valence-electron chi connectivity index (χ2n) is 7.40. The fourth-order valence-electron chi connectivity index (χ4n) is 3.40. The van der Waals surface area contributed by atoms with Gasteiger partial charge in [-0.3, -0.25) is 9.13 Å². The molecule has 9 heteroatoms. The number of anilines is 2. The first kappa shape index (κ1) is 21.3. The number of aryl methyl sites for hydroxylation is 1.